The van der Waals surface area contributed by atoms with Gasteiger partial charge in [0, 0.05) is 25.2 Å². The van der Waals surface area contributed by atoms with Crippen LogP contribution in [0, 0.1) is 19.8 Å². The molecule has 1 aromatic carbocycles. The summed E-state index contributed by atoms with van der Waals surface area (Å²) in [6, 6.07) is 6.45. The topological polar surface area (TPSA) is 111 Å². The fourth-order valence-electron chi connectivity index (χ4n) is 3.96. The molecule has 0 unspecified atom stereocenters. The lowest BCUT2D eigenvalue weighted by atomic mass is 10.0. The summed E-state index contributed by atoms with van der Waals surface area (Å²) in [7, 11) is -3.62. The van der Waals surface area contributed by atoms with Crippen molar-refractivity contribution in [2.45, 2.75) is 58.4 Å². The van der Waals surface area contributed by atoms with E-state index in [1.54, 1.807) is 54.0 Å². The van der Waals surface area contributed by atoms with E-state index in [0.29, 0.717) is 48.3 Å². The maximum Gasteiger partial charge on any atom is 0.338 e. The normalized spacial score (nSPS) is 15.4. The lowest BCUT2D eigenvalue weighted by molar-refractivity contribution is -0.116. The third kappa shape index (κ3) is 5.80. The third-order valence-electron chi connectivity index (χ3n) is 5.89. The van der Waals surface area contributed by atoms with Crippen LogP contribution < -0.4 is 5.32 Å². The molecule has 33 heavy (non-hydrogen) atoms. The predicted molar refractivity (Wildman–Crippen MR) is 125 cm³/mol. The van der Waals surface area contributed by atoms with Crippen molar-refractivity contribution >= 4 is 27.6 Å². The molecule has 1 N–H and O–H groups in total. The van der Waals surface area contributed by atoms with E-state index in [1.807, 2.05) is 0 Å². The Labute approximate surface area is 195 Å². The molecule has 0 aliphatic carbocycles. The number of hydrogen-bond donors (Lipinski definition) is 1. The molecule has 1 aliphatic rings. The first kappa shape index (κ1) is 24.9. The van der Waals surface area contributed by atoms with Crippen molar-refractivity contribution < 1.29 is 22.7 Å². The van der Waals surface area contributed by atoms with E-state index < -0.39 is 16.0 Å². The van der Waals surface area contributed by atoms with Crippen LogP contribution in [0.5, 0.6) is 0 Å². The molecule has 1 aromatic heterocycles. The highest BCUT2D eigenvalue weighted by Gasteiger charge is 2.33. The highest BCUT2D eigenvalue weighted by molar-refractivity contribution is 7.89. The van der Waals surface area contributed by atoms with Crippen molar-refractivity contribution in [2.75, 3.05) is 25.0 Å². The van der Waals surface area contributed by atoms with Gasteiger partial charge in [0.15, 0.2) is 0 Å². The van der Waals surface area contributed by atoms with E-state index >= 15 is 0 Å². The smallest absolute Gasteiger partial charge is 0.338 e. The van der Waals surface area contributed by atoms with Gasteiger partial charge in [-0.2, -0.15) is 9.40 Å². The molecule has 0 spiro atoms. The Kier molecular flexibility index (Phi) is 7.91. The van der Waals surface area contributed by atoms with Crippen LogP contribution in [0.2, 0.25) is 0 Å². The number of benzene rings is 1. The number of ether oxygens (including phenoxy) is 1. The molecule has 0 radical (unpaired) electrons. The van der Waals surface area contributed by atoms with Crippen molar-refractivity contribution in [3.8, 4) is 0 Å². The molecule has 2 heterocycles. The maximum absolute atomic E-state index is 13.2. The number of carbonyl (C=O) groups excluding carboxylic acids is 2. The first-order valence-electron chi connectivity index (χ1n) is 11.2. The first-order chi connectivity index (χ1) is 15.6. The molecule has 1 fully saturated rings. The van der Waals surface area contributed by atoms with Gasteiger partial charge in [-0.05, 0) is 63.8 Å². The molecule has 1 saturated heterocycles. The number of hydrogen-bond acceptors (Lipinski definition) is 6. The number of anilines is 1. The summed E-state index contributed by atoms with van der Waals surface area (Å²) in [6.45, 7) is 8.88. The lowest BCUT2D eigenvalue weighted by Gasteiger charge is -2.29. The summed E-state index contributed by atoms with van der Waals surface area (Å²) in [5.74, 6) is -0.119. The van der Waals surface area contributed by atoms with Crippen LogP contribution in [0.4, 0.5) is 5.69 Å². The number of piperidine rings is 1. The number of sulfonamides is 1. The third-order valence-corrected chi connectivity index (χ3v) is 8.04. The zero-order valence-corrected chi connectivity index (χ0v) is 20.4. The Morgan fingerprint density at radius 2 is 1.79 bits per heavy atom. The number of nitrogens with one attached hydrogen (secondary N) is 1. The molecule has 10 heteroatoms. The van der Waals surface area contributed by atoms with Crippen LogP contribution in [0.25, 0.3) is 0 Å². The number of nitrogens with zero attached hydrogens (tertiary/aromatic N) is 3. The SMILES string of the molecule is CCOC(=O)c1ccc(NC(=O)CCn2nc(C)c(S(=O)(=O)N3CCC(C)CC3)c2C)cc1. The van der Waals surface area contributed by atoms with Gasteiger partial charge in [0.05, 0.1) is 30.1 Å². The molecule has 0 bridgehead atoms. The van der Waals surface area contributed by atoms with Gasteiger partial charge >= 0.3 is 5.97 Å². The van der Waals surface area contributed by atoms with Crippen LogP contribution >= 0.6 is 0 Å². The second-order valence-corrected chi connectivity index (χ2v) is 10.3. The monoisotopic (exact) mass is 476 g/mol. The van der Waals surface area contributed by atoms with E-state index in [9.17, 15) is 18.0 Å². The molecule has 9 nitrogen and oxygen atoms in total. The first-order valence-corrected chi connectivity index (χ1v) is 12.7. The lowest BCUT2D eigenvalue weighted by Crippen LogP contribution is -2.38. The fraction of sp³-hybridized carbons (Fsp3) is 0.522. The molecule has 0 atom stereocenters. The van der Waals surface area contributed by atoms with Crippen LogP contribution in [0.1, 0.15) is 54.9 Å². The van der Waals surface area contributed by atoms with Crippen LogP contribution in [0.3, 0.4) is 0 Å². The van der Waals surface area contributed by atoms with Crippen molar-refractivity contribution in [3.63, 3.8) is 0 Å². The largest absolute Gasteiger partial charge is 0.462 e. The van der Waals surface area contributed by atoms with E-state index in [2.05, 4.69) is 17.3 Å². The Morgan fingerprint density at radius 3 is 2.39 bits per heavy atom. The van der Waals surface area contributed by atoms with Crippen LogP contribution in [-0.4, -0.2) is 54.1 Å². The van der Waals surface area contributed by atoms with Crippen molar-refractivity contribution in [3.05, 3.63) is 41.2 Å². The minimum Gasteiger partial charge on any atom is -0.462 e. The predicted octanol–water partition coefficient (Wildman–Crippen LogP) is 3.13. The zero-order valence-electron chi connectivity index (χ0n) is 19.6. The Hall–Kier alpha value is -2.72. The summed E-state index contributed by atoms with van der Waals surface area (Å²) in [5.41, 5.74) is 1.96. The molecule has 0 saturated carbocycles. The fourth-order valence-corrected chi connectivity index (χ4v) is 5.80. The summed E-state index contributed by atoms with van der Waals surface area (Å²) in [6.07, 6.45) is 1.83. The summed E-state index contributed by atoms with van der Waals surface area (Å²) in [5, 5.41) is 7.17. The second kappa shape index (κ2) is 10.5. The number of amides is 1. The Balaban J connectivity index is 1.63. The van der Waals surface area contributed by atoms with Crippen molar-refractivity contribution in [1.82, 2.24) is 14.1 Å². The highest BCUT2D eigenvalue weighted by atomic mass is 32.2. The molecule has 1 amide bonds. The number of esters is 1. The number of aromatic nitrogens is 2. The molecule has 180 valence electrons. The minimum absolute atomic E-state index is 0.127. The van der Waals surface area contributed by atoms with Gasteiger partial charge < -0.3 is 10.1 Å². The molecular weight excluding hydrogens is 444 g/mol. The molecule has 2 aromatic rings. The maximum atomic E-state index is 13.2. The highest BCUT2D eigenvalue weighted by Crippen LogP contribution is 2.27. The Bertz CT molecular complexity index is 1100. The average molecular weight is 477 g/mol. The number of aryl methyl sites for hydroxylation is 2. The van der Waals surface area contributed by atoms with Crippen molar-refractivity contribution in [1.29, 1.82) is 0 Å². The molecular formula is C23H32N4O5S. The average Bonchev–Trinajstić information content (AvgIpc) is 3.07. The van der Waals surface area contributed by atoms with Crippen LogP contribution in [0.15, 0.2) is 29.2 Å². The van der Waals surface area contributed by atoms with Gasteiger partial charge in [-0.1, -0.05) is 6.92 Å². The standard InChI is InChI=1S/C23H32N4O5S/c1-5-32-23(29)19-6-8-20(9-7-19)24-21(28)12-15-27-18(4)22(17(3)25-27)33(30,31)26-13-10-16(2)11-14-26/h6-9,16H,5,10-15H2,1-4H3,(H,24,28). The molecule has 1 aliphatic heterocycles. The van der Waals surface area contributed by atoms with Gasteiger partial charge in [0.25, 0.3) is 0 Å². The quantitative estimate of drug-likeness (QED) is 0.586. The van der Waals surface area contributed by atoms with E-state index in [0.717, 1.165) is 12.8 Å². The number of rotatable bonds is 8. The van der Waals surface area contributed by atoms with Gasteiger partial charge in [-0.15, -0.1) is 0 Å². The minimum atomic E-state index is -3.62. The second-order valence-electron chi connectivity index (χ2n) is 8.41. The van der Waals surface area contributed by atoms with E-state index in [4.69, 9.17) is 4.74 Å². The summed E-state index contributed by atoms with van der Waals surface area (Å²) in [4.78, 5) is 24.4. The van der Waals surface area contributed by atoms with Crippen LogP contribution in [-0.2, 0) is 26.1 Å². The van der Waals surface area contributed by atoms with Gasteiger partial charge in [0.2, 0.25) is 15.9 Å². The summed E-state index contributed by atoms with van der Waals surface area (Å²) < 4.78 is 34.5. The van der Waals surface area contributed by atoms with Crippen molar-refractivity contribution in [2.24, 2.45) is 5.92 Å². The summed E-state index contributed by atoms with van der Waals surface area (Å²) >= 11 is 0. The zero-order chi connectivity index (χ0) is 24.2. The van der Waals surface area contributed by atoms with Gasteiger partial charge in [-0.3, -0.25) is 9.48 Å². The van der Waals surface area contributed by atoms with Gasteiger partial charge in [0.1, 0.15) is 4.90 Å². The van der Waals surface area contributed by atoms with E-state index in [1.165, 1.54) is 0 Å². The Morgan fingerprint density at radius 1 is 1.15 bits per heavy atom. The van der Waals surface area contributed by atoms with E-state index in [-0.39, 0.29) is 23.8 Å². The molecule has 3 rings (SSSR count). The van der Waals surface area contributed by atoms with Gasteiger partial charge in [-0.25, -0.2) is 13.2 Å². The number of carbonyl (C=O) groups is 2.